The number of carboxylic acid groups (broad SMARTS) is 1. The predicted octanol–water partition coefficient (Wildman–Crippen LogP) is 2.86. The molecule has 0 unspecified atom stereocenters. The van der Waals surface area contributed by atoms with Crippen molar-refractivity contribution in [2.75, 3.05) is 0 Å². The number of nitrogens with zero attached hydrogens (tertiary/aromatic N) is 2. The summed E-state index contributed by atoms with van der Waals surface area (Å²) in [5, 5.41) is 8.71. The van der Waals surface area contributed by atoms with Gasteiger partial charge < -0.3 is 5.11 Å². The second-order valence-electron chi connectivity index (χ2n) is 3.64. The molecule has 0 aliphatic rings. The smallest absolute Gasteiger partial charge is 0.418 e. The first-order chi connectivity index (χ1) is 8.89. The van der Waals surface area contributed by atoms with Gasteiger partial charge >= 0.3 is 12.1 Å². The van der Waals surface area contributed by atoms with E-state index in [1.807, 2.05) is 0 Å². The molecule has 0 saturated heterocycles. The van der Waals surface area contributed by atoms with Gasteiger partial charge in [0.1, 0.15) is 5.69 Å². The Balaban J connectivity index is 2.65. The van der Waals surface area contributed by atoms with Gasteiger partial charge in [-0.2, -0.15) is 13.2 Å². The third-order valence-electron chi connectivity index (χ3n) is 2.35. The normalized spacial score (nSPS) is 11.3. The van der Waals surface area contributed by atoms with Crippen LogP contribution < -0.4 is 0 Å². The van der Waals surface area contributed by atoms with Crippen molar-refractivity contribution in [1.82, 2.24) is 9.97 Å². The van der Waals surface area contributed by atoms with E-state index in [1.165, 1.54) is 18.3 Å². The highest BCUT2D eigenvalue weighted by Gasteiger charge is 2.35. The second kappa shape index (κ2) is 4.68. The zero-order valence-electron chi connectivity index (χ0n) is 9.35. The van der Waals surface area contributed by atoms with Crippen molar-refractivity contribution < 1.29 is 23.1 Å². The highest BCUT2D eigenvalue weighted by molar-refractivity contribution is 5.88. The minimum atomic E-state index is -4.70. The standard InChI is InChI=1S/C12H7F3N2O2/c13-12(14,15)8-5-7(11(18)19)6-17-10(8)9-3-1-2-4-16-9/h1-6H,(H,18,19). The first-order valence-corrected chi connectivity index (χ1v) is 5.11. The monoisotopic (exact) mass is 268 g/mol. The van der Waals surface area contributed by atoms with Crippen LogP contribution >= 0.6 is 0 Å². The van der Waals surface area contributed by atoms with E-state index in [9.17, 15) is 18.0 Å². The van der Waals surface area contributed by atoms with Gasteiger partial charge in [-0.25, -0.2) is 4.79 Å². The first kappa shape index (κ1) is 13.0. The van der Waals surface area contributed by atoms with Crippen LogP contribution in [0.1, 0.15) is 15.9 Å². The maximum atomic E-state index is 12.9. The van der Waals surface area contributed by atoms with Crippen molar-refractivity contribution >= 4 is 5.97 Å². The van der Waals surface area contributed by atoms with E-state index in [-0.39, 0.29) is 5.69 Å². The van der Waals surface area contributed by atoms with Crippen LogP contribution in [0.15, 0.2) is 36.7 Å². The Morgan fingerprint density at radius 3 is 2.47 bits per heavy atom. The third-order valence-corrected chi connectivity index (χ3v) is 2.35. The molecular formula is C12H7F3N2O2. The highest BCUT2D eigenvalue weighted by atomic mass is 19.4. The molecule has 0 saturated carbocycles. The molecule has 0 aliphatic carbocycles. The predicted molar refractivity (Wildman–Crippen MR) is 59.4 cm³/mol. The molecule has 0 amide bonds. The van der Waals surface area contributed by atoms with E-state index in [2.05, 4.69) is 9.97 Å². The molecule has 0 atom stereocenters. The van der Waals surface area contributed by atoms with Crippen LogP contribution in [-0.2, 0) is 6.18 Å². The summed E-state index contributed by atoms with van der Waals surface area (Å²) >= 11 is 0. The topological polar surface area (TPSA) is 63.1 Å². The summed E-state index contributed by atoms with van der Waals surface area (Å²) < 4.78 is 38.8. The molecule has 4 nitrogen and oxygen atoms in total. The fourth-order valence-electron chi connectivity index (χ4n) is 1.50. The Morgan fingerprint density at radius 2 is 1.95 bits per heavy atom. The summed E-state index contributed by atoms with van der Waals surface area (Å²) in [4.78, 5) is 18.1. The fraction of sp³-hybridized carbons (Fsp3) is 0.0833. The fourth-order valence-corrected chi connectivity index (χ4v) is 1.50. The maximum absolute atomic E-state index is 12.9. The van der Waals surface area contributed by atoms with Gasteiger partial charge in [0, 0.05) is 12.4 Å². The van der Waals surface area contributed by atoms with E-state index < -0.39 is 29.0 Å². The van der Waals surface area contributed by atoms with Crippen molar-refractivity contribution in [3.8, 4) is 11.4 Å². The Labute approximate surface area is 105 Å². The van der Waals surface area contributed by atoms with Gasteiger partial charge in [0.05, 0.1) is 16.8 Å². The number of pyridine rings is 2. The number of hydrogen-bond donors (Lipinski definition) is 1. The number of hydrogen-bond acceptors (Lipinski definition) is 3. The number of carboxylic acids is 1. The molecule has 7 heteroatoms. The van der Waals surface area contributed by atoms with Crippen LogP contribution in [0.4, 0.5) is 13.2 Å². The van der Waals surface area contributed by atoms with Crippen molar-refractivity contribution in [2.45, 2.75) is 6.18 Å². The minimum Gasteiger partial charge on any atom is -0.478 e. The van der Waals surface area contributed by atoms with Gasteiger partial charge in [-0.05, 0) is 18.2 Å². The third kappa shape index (κ3) is 2.70. The average molecular weight is 268 g/mol. The van der Waals surface area contributed by atoms with Gasteiger partial charge in [-0.15, -0.1) is 0 Å². The van der Waals surface area contributed by atoms with Gasteiger partial charge in [-0.3, -0.25) is 9.97 Å². The minimum absolute atomic E-state index is 0.0340. The number of rotatable bonds is 2. The summed E-state index contributed by atoms with van der Waals surface area (Å²) in [6.45, 7) is 0. The van der Waals surface area contributed by atoms with E-state index in [4.69, 9.17) is 5.11 Å². The first-order valence-electron chi connectivity index (χ1n) is 5.11. The van der Waals surface area contributed by atoms with Crippen molar-refractivity contribution in [3.63, 3.8) is 0 Å². The number of halogens is 3. The molecule has 0 radical (unpaired) electrons. The zero-order valence-corrected chi connectivity index (χ0v) is 9.35. The van der Waals surface area contributed by atoms with Gasteiger partial charge in [0.25, 0.3) is 0 Å². The molecule has 2 aromatic heterocycles. The van der Waals surface area contributed by atoms with Crippen LogP contribution in [0.5, 0.6) is 0 Å². The molecule has 2 aromatic rings. The Morgan fingerprint density at radius 1 is 1.21 bits per heavy atom. The number of aromatic nitrogens is 2. The summed E-state index contributed by atoms with van der Waals surface area (Å²) in [6, 6.07) is 5.01. The van der Waals surface area contributed by atoms with Gasteiger partial charge in [0.15, 0.2) is 0 Å². The molecule has 0 spiro atoms. The number of carbonyl (C=O) groups is 1. The maximum Gasteiger partial charge on any atom is 0.418 e. The van der Waals surface area contributed by atoms with Crippen molar-refractivity contribution in [1.29, 1.82) is 0 Å². The lowest BCUT2D eigenvalue weighted by molar-refractivity contribution is -0.137. The van der Waals surface area contributed by atoms with E-state index in [1.54, 1.807) is 6.07 Å². The molecule has 2 rings (SSSR count). The van der Waals surface area contributed by atoms with Crippen molar-refractivity contribution in [3.05, 3.63) is 47.8 Å². The van der Waals surface area contributed by atoms with E-state index in [0.717, 1.165) is 6.20 Å². The molecule has 2 heterocycles. The van der Waals surface area contributed by atoms with Crippen LogP contribution in [-0.4, -0.2) is 21.0 Å². The second-order valence-corrected chi connectivity index (χ2v) is 3.64. The quantitative estimate of drug-likeness (QED) is 0.909. The molecule has 1 N–H and O–H groups in total. The van der Waals surface area contributed by atoms with Gasteiger partial charge in [0.2, 0.25) is 0 Å². The van der Waals surface area contributed by atoms with E-state index >= 15 is 0 Å². The Bertz CT molecular complexity index is 612. The highest BCUT2D eigenvalue weighted by Crippen LogP contribution is 2.35. The molecule has 0 aliphatic heterocycles. The zero-order chi connectivity index (χ0) is 14.0. The van der Waals surface area contributed by atoms with Crippen molar-refractivity contribution in [2.24, 2.45) is 0 Å². The Hall–Kier alpha value is -2.44. The molecule has 98 valence electrons. The largest absolute Gasteiger partial charge is 0.478 e. The average Bonchev–Trinajstić information content (AvgIpc) is 2.38. The van der Waals surface area contributed by atoms with E-state index in [0.29, 0.717) is 6.07 Å². The molecule has 0 aromatic carbocycles. The number of alkyl halides is 3. The Kier molecular flexibility index (Phi) is 3.20. The SMILES string of the molecule is O=C(O)c1cnc(-c2ccccn2)c(C(F)(F)F)c1. The molecule has 0 bridgehead atoms. The van der Waals surface area contributed by atoms with Crippen LogP contribution in [0.3, 0.4) is 0 Å². The van der Waals surface area contributed by atoms with Gasteiger partial charge in [-0.1, -0.05) is 6.07 Å². The lowest BCUT2D eigenvalue weighted by atomic mass is 10.1. The summed E-state index contributed by atoms with van der Waals surface area (Å²) in [5.41, 5.74) is -2.00. The lowest BCUT2D eigenvalue weighted by Gasteiger charge is -2.12. The van der Waals surface area contributed by atoms with Crippen LogP contribution in [0, 0.1) is 0 Å². The molecular weight excluding hydrogens is 261 g/mol. The van der Waals surface area contributed by atoms with Crippen LogP contribution in [0.25, 0.3) is 11.4 Å². The van der Waals surface area contributed by atoms with Crippen LogP contribution in [0.2, 0.25) is 0 Å². The summed E-state index contributed by atoms with van der Waals surface area (Å²) in [7, 11) is 0. The summed E-state index contributed by atoms with van der Waals surface area (Å²) in [5.74, 6) is -1.47. The molecule has 19 heavy (non-hydrogen) atoms. The summed E-state index contributed by atoms with van der Waals surface area (Å²) in [6.07, 6.45) is -2.49. The lowest BCUT2D eigenvalue weighted by Crippen LogP contribution is -2.11. The number of aromatic carboxylic acids is 1. The molecule has 0 fully saturated rings.